The first-order valence-corrected chi connectivity index (χ1v) is 8.75. The van der Waals surface area contributed by atoms with Crippen molar-refractivity contribution in [2.24, 2.45) is 0 Å². The summed E-state index contributed by atoms with van der Waals surface area (Å²) in [6.45, 7) is 1.57. The number of carbonyl (C=O) groups is 3. The van der Waals surface area contributed by atoms with Gasteiger partial charge in [-0.1, -0.05) is 0 Å². The van der Waals surface area contributed by atoms with E-state index >= 15 is 0 Å². The molecule has 1 aromatic carbocycles. The van der Waals surface area contributed by atoms with Crippen molar-refractivity contribution in [1.82, 2.24) is 15.5 Å². The Morgan fingerprint density at radius 2 is 2.04 bits per heavy atom. The minimum absolute atomic E-state index is 0.0384. The van der Waals surface area contributed by atoms with E-state index in [9.17, 15) is 24.5 Å². The van der Waals surface area contributed by atoms with E-state index in [4.69, 9.17) is 4.74 Å². The largest absolute Gasteiger partial charge is 0.376 e. The summed E-state index contributed by atoms with van der Waals surface area (Å²) in [4.78, 5) is 47.6. The molecule has 144 valence electrons. The highest BCUT2D eigenvalue weighted by Crippen LogP contribution is 2.26. The number of hydrogen-bond acceptors (Lipinski definition) is 6. The van der Waals surface area contributed by atoms with Gasteiger partial charge in [0.15, 0.2) is 0 Å². The van der Waals surface area contributed by atoms with Crippen molar-refractivity contribution in [1.29, 1.82) is 0 Å². The van der Waals surface area contributed by atoms with Crippen molar-refractivity contribution in [3.63, 3.8) is 0 Å². The van der Waals surface area contributed by atoms with Gasteiger partial charge in [-0.05, 0) is 25.3 Å². The van der Waals surface area contributed by atoms with Gasteiger partial charge in [0.05, 0.1) is 22.2 Å². The number of nitrogens with one attached hydrogen (secondary N) is 2. The number of hydrogen-bond donors (Lipinski definition) is 2. The average molecular weight is 376 g/mol. The van der Waals surface area contributed by atoms with Crippen LogP contribution in [-0.2, 0) is 4.74 Å². The number of non-ortho nitro benzene ring substituents is 1. The van der Waals surface area contributed by atoms with Gasteiger partial charge in [-0.3, -0.25) is 24.6 Å². The van der Waals surface area contributed by atoms with Crippen molar-refractivity contribution in [2.75, 3.05) is 26.2 Å². The van der Waals surface area contributed by atoms with Crippen molar-refractivity contribution < 1.29 is 24.0 Å². The monoisotopic (exact) mass is 376 g/mol. The lowest BCUT2D eigenvalue weighted by atomic mass is 10.1. The normalized spacial score (nSPS) is 18.5. The van der Waals surface area contributed by atoms with E-state index in [1.54, 1.807) is 0 Å². The van der Waals surface area contributed by atoms with E-state index in [1.165, 1.54) is 12.1 Å². The minimum atomic E-state index is -0.611. The Kier molecular flexibility index (Phi) is 5.65. The Morgan fingerprint density at radius 3 is 2.74 bits per heavy atom. The smallest absolute Gasteiger partial charge is 0.314 e. The Bertz CT molecular complexity index is 775. The average Bonchev–Trinajstić information content (AvgIpc) is 3.25. The standard InChI is InChI=1S/C17H20N4O6/c22-15-13-5-4-11(21(25)26)9-14(13)16(23)20(15)7-2-6-18-17(24)19-10-12-3-1-8-27-12/h4-5,9,12H,1-3,6-8,10H2,(H2,18,19,24). The first kappa shape index (κ1) is 18.8. The van der Waals surface area contributed by atoms with Crippen molar-refractivity contribution in [3.05, 3.63) is 39.4 Å². The Hall–Kier alpha value is -3.01. The van der Waals surface area contributed by atoms with E-state index in [2.05, 4.69) is 10.6 Å². The first-order valence-electron chi connectivity index (χ1n) is 8.75. The van der Waals surface area contributed by atoms with Crippen LogP contribution in [0.3, 0.4) is 0 Å². The summed E-state index contributed by atoms with van der Waals surface area (Å²) in [6, 6.07) is 3.29. The lowest BCUT2D eigenvalue weighted by molar-refractivity contribution is -0.384. The molecule has 2 N–H and O–H groups in total. The van der Waals surface area contributed by atoms with Gasteiger partial charge in [-0.2, -0.15) is 0 Å². The van der Waals surface area contributed by atoms with Crippen LogP contribution in [0, 0.1) is 10.1 Å². The molecule has 1 atom stereocenters. The third-order valence-electron chi connectivity index (χ3n) is 4.52. The van der Waals surface area contributed by atoms with Gasteiger partial charge < -0.3 is 15.4 Å². The summed E-state index contributed by atoms with van der Waals surface area (Å²) < 4.78 is 5.41. The fraction of sp³-hybridized carbons (Fsp3) is 0.471. The highest BCUT2D eigenvalue weighted by Gasteiger charge is 2.36. The maximum Gasteiger partial charge on any atom is 0.314 e. The number of ether oxygens (including phenoxy) is 1. The summed E-state index contributed by atoms with van der Waals surface area (Å²) in [7, 11) is 0. The molecule has 0 radical (unpaired) electrons. The lowest BCUT2D eigenvalue weighted by Gasteiger charge is -2.14. The topological polar surface area (TPSA) is 131 Å². The zero-order chi connectivity index (χ0) is 19.4. The predicted molar refractivity (Wildman–Crippen MR) is 93.5 cm³/mol. The minimum Gasteiger partial charge on any atom is -0.376 e. The quantitative estimate of drug-likeness (QED) is 0.317. The zero-order valence-corrected chi connectivity index (χ0v) is 14.6. The van der Waals surface area contributed by atoms with Crippen LogP contribution in [0.2, 0.25) is 0 Å². The van der Waals surface area contributed by atoms with Crippen LogP contribution in [0.1, 0.15) is 40.0 Å². The third kappa shape index (κ3) is 4.22. The molecule has 2 heterocycles. The van der Waals surface area contributed by atoms with Gasteiger partial charge in [-0.25, -0.2) is 4.79 Å². The number of rotatable bonds is 7. The number of nitro groups is 1. The molecule has 3 rings (SSSR count). The molecule has 0 saturated carbocycles. The van der Waals surface area contributed by atoms with E-state index in [0.717, 1.165) is 30.4 Å². The second kappa shape index (κ2) is 8.12. The van der Waals surface area contributed by atoms with Crippen molar-refractivity contribution in [3.8, 4) is 0 Å². The number of fused-ring (bicyclic) bond motifs is 1. The molecule has 1 saturated heterocycles. The predicted octanol–water partition coefficient (Wildman–Crippen LogP) is 1.06. The molecule has 0 aromatic heterocycles. The summed E-state index contributed by atoms with van der Waals surface area (Å²) in [5.41, 5.74) is -0.0364. The molecule has 27 heavy (non-hydrogen) atoms. The summed E-state index contributed by atoms with van der Waals surface area (Å²) in [6.07, 6.45) is 2.36. The third-order valence-corrected chi connectivity index (χ3v) is 4.52. The van der Waals surface area contributed by atoms with E-state index in [0.29, 0.717) is 13.0 Å². The van der Waals surface area contributed by atoms with Crippen molar-refractivity contribution in [2.45, 2.75) is 25.4 Å². The molecular weight excluding hydrogens is 356 g/mol. The van der Waals surface area contributed by atoms with Gasteiger partial charge in [0, 0.05) is 38.4 Å². The fourth-order valence-corrected chi connectivity index (χ4v) is 3.11. The van der Waals surface area contributed by atoms with E-state index < -0.39 is 16.7 Å². The van der Waals surface area contributed by atoms with Crippen LogP contribution in [0.4, 0.5) is 10.5 Å². The second-order valence-electron chi connectivity index (χ2n) is 6.37. The fourth-order valence-electron chi connectivity index (χ4n) is 3.11. The Balaban J connectivity index is 1.44. The van der Waals surface area contributed by atoms with Crippen molar-refractivity contribution >= 4 is 23.5 Å². The molecule has 1 aromatic rings. The highest BCUT2D eigenvalue weighted by atomic mass is 16.6. The molecule has 2 aliphatic heterocycles. The van der Waals surface area contributed by atoms with Crippen LogP contribution < -0.4 is 10.6 Å². The van der Waals surface area contributed by atoms with Gasteiger partial charge >= 0.3 is 6.03 Å². The van der Waals surface area contributed by atoms with Gasteiger partial charge in [-0.15, -0.1) is 0 Å². The molecule has 0 bridgehead atoms. The molecule has 4 amide bonds. The molecule has 1 fully saturated rings. The summed E-state index contributed by atoms with van der Waals surface area (Å²) >= 11 is 0. The zero-order valence-electron chi connectivity index (χ0n) is 14.6. The van der Waals surface area contributed by atoms with Gasteiger partial charge in [0.2, 0.25) is 0 Å². The summed E-state index contributed by atoms with van der Waals surface area (Å²) in [5.74, 6) is -1.03. The number of benzene rings is 1. The van der Waals surface area contributed by atoms with Crippen LogP contribution in [0.5, 0.6) is 0 Å². The molecule has 2 aliphatic rings. The van der Waals surface area contributed by atoms with E-state index in [-0.39, 0.29) is 42.0 Å². The van der Waals surface area contributed by atoms with Gasteiger partial charge in [0.25, 0.3) is 17.5 Å². The Labute approximate surface area is 155 Å². The lowest BCUT2D eigenvalue weighted by Crippen LogP contribution is -2.41. The number of imide groups is 1. The molecule has 0 spiro atoms. The molecular formula is C17H20N4O6. The first-order chi connectivity index (χ1) is 13.0. The SMILES string of the molecule is O=C(NCCCN1C(=O)c2ccc([N+](=O)[O-])cc2C1=O)NCC1CCCO1. The second-order valence-corrected chi connectivity index (χ2v) is 6.37. The number of amides is 4. The maximum atomic E-state index is 12.3. The molecule has 1 unspecified atom stereocenters. The number of urea groups is 1. The van der Waals surface area contributed by atoms with Gasteiger partial charge in [0.1, 0.15) is 0 Å². The van der Waals surface area contributed by atoms with Crippen LogP contribution in [0.15, 0.2) is 18.2 Å². The summed E-state index contributed by atoms with van der Waals surface area (Å²) in [5, 5.41) is 16.2. The van der Waals surface area contributed by atoms with Crippen LogP contribution in [0.25, 0.3) is 0 Å². The van der Waals surface area contributed by atoms with Crippen LogP contribution in [-0.4, -0.2) is 60.0 Å². The molecule has 10 heteroatoms. The molecule has 10 nitrogen and oxygen atoms in total. The number of nitro benzene ring substituents is 1. The Morgan fingerprint density at radius 1 is 1.26 bits per heavy atom. The highest BCUT2D eigenvalue weighted by molar-refractivity contribution is 6.21. The molecule has 0 aliphatic carbocycles. The van der Waals surface area contributed by atoms with E-state index in [1.807, 2.05) is 0 Å². The number of nitrogens with zero attached hydrogens (tertiary/aromatic N) is 2. The number of carbonyl (C=O) groups excluding carboxylic acids is 3. The van der Waals surface area contributed by atoms with Crippen LogP contribution >= 0.6 is 0 Å². The maximum absolute atomic E-state index is 12.3.